The van der Waals surface area contributed by atoms with Crippen molar-refractivity contribution in [2.24, 2.45) is 0 Å². The lowest BCUT2D eigenvalue weighted by atomic mass is 10.0. The molecule has 1 saturated heterocycles. The van der Waals surface area contributed by atoms with Crippen molar-refractivity contribution >= 4 is 23.4 Å². The Balaban J connectivity index is 1.78. The number of nitrogens with zero attached hydrogens (tertiary/aromatic N) is 1. The molecule has 116 valence electrons. The molecular formula is C14H19ClN2O4. The lowest BCUT2D eigenvalue weighted by Gasteiger charge is -2.32. The van der Waals surface area contributed by atoms with Gasteiger partial charge in [-0.3, -0.25) is 9.59 Å². The molecule has 7 heteroatoms. The number of amides is 2. The summed E-state index contributed by atoms with van der Waals surface area (Å²) in [7, 11) is 1.58. The summed E-state index contributed by atoms with van der Waals surface area (Å²) in [5, 5.41) is 3.02. The molecule has 1 fully saturated rings. The summed E-state index contributed by atoms with van der Waals surface area (Å²) in [6.45, 7) is 1.73. The Morgan fingerprint density at radius 2 is 2.19 bits per heavy atom. The third kappa shape index (κ3) is 4.22. The number of likely N-dealkylation sites (tertiary alicyclic amines) is 1. The smallest absolute Gasteiger partial charge is 0.256 e. The van der Waals surface area contributed by atoms with Crippen molar-refractivity contribution in [3.05, 3.63) is 23.1 Å². The highest BCUT2D eigenvalue weighted by molar-refractivity contribution is 6.32. The van der Waals surface area contributed by atoms with Gasteiger partial charge in [0, 0.05) is 26.2 Å². The highest BCUT2D eigenvalue weighted by Crippen LogP contribution is 2.18. The lowest BCUT2D eigenvalue weighted by molar-refractivity contribution is -0.133. The van der Waals surface area contributed by atoms with Crippen LogP contribution in [-0.4, -0.2) is 49.6 Å². The van der Waals surface area contributed by atoms with Gasteiger partial charge >= 0.3 is 0 Å². The number of carbonyl (C=O) groups excluding carboxylic acids is 2. The van der Waals surface area contributed by atoms with Crippen LogP contribution in [0.1, 0.15) is 29.6 Å². The average molecular weight is 315 g/mol. The lowest BCUT2D eigenvalue weighted by Crippen LogP contribution is -2.46. The van der Waals surface area contributed by atoms with Gasteiger partial charge in [0.15, 0.2) is 0 Å². The Hall–Kier alpha value is -1.53. The van der Waals surface area contributed by atoms with Crippen LogP contribution in [0, 0.1) is 0 Å². The maximum absolute atomic E-state index is 12.0. The number of methoxy groups -OCH3 is 1. The highest BCUT2D eigenvalue weighted by atomic mass is 35.5. The standard InChI is InChI=1S/C14H19ClN2O4/c1-20-8-5-12(18)17-6-2-10(3-7-17)16-14(19)11-4-9-21-13(11)15/h4,9-10H,2-3,5-8H2,1H3,(H,16,19). The number of rotatable bonds is 5. The van der Waals surface area contributed by atoms with Crippen LogP contribution in [0.15, 0.2) is 16.7 Å². The largest absolute Gasteiger partial charge is 0.452 e. The number of hydrogen-bond donors (Lipinski definition) is 1. The van der Waals surface area contributed by atoms with Gasteiger partial charge in [-0.2, -0.15) is 0 Å². The minimum Gasteiger partial charge on any atom is -0.452 e. The molecule has 0 aliphatic carbocycles. The van der Waals surface area contributed by atoms with E-state index < -0.39 is 0 Å². The summed E-state index contributed by atoms with van der Waals surface area (Å²) in [5.74, 6) is -0.141. The molecule has 1 aliphatic rings. The number of nitrogens with one attached hydrogen (secondary N) is 1. The minimum absolute atomic E-state index is 0.0509. The Labute approximate surface area is 128 Å². The van der Waals surface area contributed by atoms with E-state index in [0.717, 1.165) is 12.8 Å². The van der Waals surface area contributed by atoms with Crippen molar-refractivity contribution in [2.75, 3.05) is 26.8 Å². The van der Waals surface area contributed by atoms with Gasteiger partial charge in [-0.05, 0) is 30.5 Å². The van der Waals surface area contributed by atoms with Crippen molar-refractivity contribution in [1.29, 1.82) is 0 Å². The molecule has 0 saturated carbocycles. The van der Waals surface area contributed by atoms with Crippen LogP contribution in [0.25, 0.3) is 0 Å². The molecule has 0 radical (unpaired) electrons. The van der Waals surface area contributed by atoms with Gasteiger partial charge < -0.3 is 19.4 Å². The molecule has 0 aromatic carbocycles. The van der Waals surface area contributed by atoms with Gasteiger partial charge in [-0.15, -0.1) is 0 Å². The highest BCUT2D eigenvalue weighted by Gasteiger charge is 2.24. The van der Waals surface area contributed by atoms with Gasteiger partial charge in [0.2, 0.25) is 11.1 Å². The molecule has 1 aliphatic heterocycles. The molecule has 1 aromatic heterocycles. The molecule has 1 aromatic rings. The number of hydrogen-bond acceptors (Lipinski definition) is 4. The first-order chi connectivity index (χ1) is 10.1. The van der Waals surface area contributed by atoms with Gasteiger partial charge in [0.05, 0.1) is 24.9 Å². The zero-order valence-electron chi connectivity index (χ0n) is 11.9. The monoisotopic (exact) mass is 314 g/mol. The normalized spacial score (nSPS) is 16.0. The van der Waals surface area contributed by atoms with Crippen molar-refractivity contribution in [3.63, 3.8) is 0 Å². The molecule has 0 bridgehead atoms. The van der Waals surface area contributed by atoms with E-state index >= 15 is 0 Å². The fourth-order valence-corrected chi connectivity index (χ4v) is 2.54. The van der Waals surface area contributed by atoms with E-state index in [1.165, 1.54) is 6.26 Å². The Bertz CT molecular complexity index is 495. The van der Waals surface area contributed by atoms with Gasteiger partial charge in [-0.1, -0.05) is 0 Å². The van der Waals surface area contributed by atoms with E-state index in [4.69, 9.17) is 20.8 Å². The molecular weight excluding hydrogens is 296 g/mol. The first-order valence-corrected chi connectivity index (χ1v) is 7.30. The zero-order valence-corrected chi connectivity index (χ0v) is 12.7. The van der Waals surface area contributed by atoms with E-state index in [1.807, 2.05) is 4.90 Å². The van der Waals surface area contributed by atoms with Crippen molar-refractivity contribution in [3.8, 4) is 0 Å². The predicted molar refractivity (Wildman–Crippen MR) is 77.3 cm³/mol. The Morgan fingerprint density at radius 1 is 1.48 bits per heavy atom. The molecule has 2 amide bonds. The first kappa shape index (κ1) is 15.9. The third-order valence-corrected chi connectivity index (χ3v) is 3.86. The molecule has 0 spiro atoms. The van der Waals surface area contributed by atoms with Crippen LogP contribution >= 0.6 is 11.6 Å². The van der Waals surface area contributed by atoms with Crippen LogP contribution in [-0.2, 0) is 9.53 Å². The van der Waals surface area contributed by atoms with Crippen LogP contribution in [0.2, 0.25) is 5.22 Å². The number of piperidine rings is 1. The predicted octanol–water partition coefficient (Wildman–Crippen LogP) is 1.69. The van der Waals surface area contributed by atoms with E-state index in [-0.39, 0.29) is 23.1 Å². The van der Waals surface area contributed by atoms with Gasteiger partial charge in [0.1, 0.15) is 0 Å². The summed E-state index contributed by atoms with van der Waals surface area (Å²) in [4.78, 5) is 25.7. The molecule has 21 heavy (non-hydrogen) atoms. The molecule has 6 nitrogen and oxygen atoms in total. The fraction of sp³-hybridized carbons (Fsp3) is 0.571. The molecule has 1 N–H and O–H groups in total. The summed E-state index contributed by atoms with van der Waals surface area (Å²) in [6.07, 6.45) is 3.26. The minimum atomic E-state index is -0.238. The second-order valence-electron chi connectivity index (χ2n) is 4.98. The zero-order chi connectivity index (χ0) is 15.2. The van der Waals surface area contributed by atoms with E-state index in [0.29, 0.717) is 31.7 Å². The second-order valence-corrected chi connectivity index (χ2v) is 5.32. The van der Waals surface area contributed by atoms with Crippen molar-refractivity contribution in [1.82, 2.24) is 10.2 Å². The number of carbonyl (C=O) groups is 2. The Kier molecular flexibility index (Phi) is 5.64. The molecule has 0 unspecified atom stereocenters. The van der Waals surface area contributed by atoms with Crippen LogP contribution in [0.4, 0.5) is 0 Å². The summed E-state index contributed by atoms with van der Waals surface area (Å²) in [6, 6.07) is 1.59. The van der Waals surface area contributed by atoms with E-state index in [9.17, 15) is 9.59 Å². The SMILES string of the molecule is COCCC(=O)N1CCC(NC(=O)c2ccoc2Cl)CC1. The number of furan rings is 1. The fourth-order valence-electron chi connectivity index (χ4n) is 2.34. The maximum Gasteiger partial charge on any atom is 0.256 e. The Morgan fingerprint density at radius 3 is 2.76 bits per heavy atom. The maximum atomic E-state index is 12.0. The summed E-state index contributed by atoms with van der Waals surface area (Å²) >= 11 is 5.77. The quantitative estimate of drug-likeness (QED) is 0.897. The van der Waals surface area contributed by atoms with Crippen LogP contribution in [0.5, 0.6) is 0 Å². The molecule has 0 atom stereocenters. The topological polar surface area (TPSA) is 71.8 Å². The second kappa shape index (κ2) is 7.47. The van der Waals surface area contributed by atoms with Crippen LogP contribution in [0.3, 0.4) is 0 Å². The van der Waals surface area contributed by atoms with Gasteiger partial charge in [-0.25, -0.2) is 0 Å². The summed E-state index contributed by atoms with van der Waals surface area (Å²) < 4.78 is 9.80. The van der Waals surface area contributed by atoms with Crippen molar-refractivity contribution in [2.45, 2.75) is 25.3 Å². The first-order valence-electron chi connectivity index (χ1n) is 6.92. The van der Waals surface area contributed by atoms with E-state index in [2.05, 4.69) is 5.32 Å². The molecule has 2 rings (SSSR count). The average Bonchev–Trinajstić information content (AvgIpc) is 2.91. The number of ether oxygens (including phenoxy) is 1. The third-order valence-electron chi connectivity index (χ3n) is 3.57. The van der Waals surface area contributed by atoms with Crippen molar-refractivity contribution < 1.29 is 18.7 Å². The number of halogens is 1. The van der Waals surface area contributed by atoms with E-state index in [1.54, 1.807) is 13.2 Å². The van der Waals surface area contributed by atoms with Gasteiger partial charge in [0.25, 0.3) is 5.91 Å². The van der Waals surface area contributed by atoms with Crippen LogP contribution < -0.4 is 5.32 Å². The molecule has 2 heterocycles. The summed E-state index contributed by atoms with van der Waals surface area (Å²) in [5.41, 5.74) is 0.343.